The second kappa shape index (κ2) is 13.1. The quantitative estimate of drug-likeness (QED) is 0.397. The Bertz CT molecular complexity index is 1180. The van der Waals surface area contributed by atoms with Crippen molar-refractivity contribution >= 4 is 23.4 Å². The summed E-state index contributed by atoms with van der Waals surface area (Å²) in [7, 11) is 4.60. The van der Waals surface area contributed by atoms with Crippen LogP contribution in [0.2, 0.25) is 5.02 Å². The zero-order valence-electron chi connectivity index (χ0n) is 23.1. The Balaban J connectivity index is 1.51. The molecular weight excluding hydrogens is 549 g/mol. The van der Waals surface area contributed by atoms with Crippen molar-refractivity contribution in [2.45, 2.75) is 44.4 Å². The second-order valence-corrected chi connectivity index (χ2v) is 10.9. The molecule has 11 heteroatoms. The van der Waals surface area contributed by atoms with Crippen LogP contribution in [0.3, 0.4) is 0 Å². The van der Waals surface area contributed by atoms with Crippen LogP contribution in [0.15, 0.2) is 42.5 Å². The Labute approximate surface area is 237 Å². The minimum absolute atomic E-state index is 0.115. The molecule has 0 spiro atoms. The van der Waals surface area contributed by atoms with E-state index in [9.17, 15) is 27.9 Å². The third-order valence-electron chi connectivity index (χ3n) is 7.30. The number of piperidine rings is 1. The third-order valence-corrected chi connectivity index (χ3v) is 7.61. The van der Waals surface area contributed by atoms with E-state index in [0.717, 1.165) is 29.9 Å². The summed E-state index contributed by atoms with van der Waals surface area (Å²) in [5, 5.41) is 11.0. The number of methoxy groups -OCH3 is 1. The molecule has 1 heterocycles. The van der Waals surface area contributed by atoms with Gasteiger partial charge < -0.3 is 24.4 Å². The highest BCUT2D eigenvalue weighted by molar-refractivity contribution is 6.34. The summed E-state index contributed by atoms with van der Waals surface area (Å²) in [4.78, 5) is 27.7. The molecule has 1 saturated heterocycles. The number of likely N-dealkylation sites (tertiary alicyclic amines) is 1. The summed E-state index contributed by atoms with van der Waals surface area (Å²) in [6.07, 6.45) is -2.53. The van der Waals surface area contributed by atoms with Crippen molar-refractivity contribution in [3.63, 3.8) is 0 Å². The van der Waals surface area contributed by atoms with Gasteiger partial charge in [0.1, 0.15) is 11.5 Å². The molecule has 0 radical (unpaired) electrons. The maximum Gasteiger partial charge on any atom is 0.430 e. The smallest absolute Gasteiger partial charge is 0.430 e. The zero-order valence-corrected chi connectivity index (χ0v) is 23.9. The van der Waals surface area contributed by atoms with Gasteiger partial charge in [0.05, 0.1) is 24.3 Å². The van der Waals surface area contributed by atoms with Crippen LogP contribution in [-0.2, 0) is 10.4 Å². The van der Waals surface area contributed by atoms with Crippen LogP contribution < -0.4 is 9.47 Å². The summed E-state index contributed by atoms with van der Waals surface area (Å²) in [5.41, 5.74) is -3.82. The van der Waals surface area contributed by atoms with Crippen molar-refractivity contribution in [3.8, 4) is 11.5 Å². The summed E-state index contributed by atoms with van der Waals surface area (Å²) < 4.78 is 53.0. The maximum atomic E-state index is 14.1. The van der Waals surface area contributed by atoms with Gasteiger partial charge in [-0.3, -0.25) is 9.59 Å². The van der Waals surface area contributed by atoms with E-state index in [1.54, 1.807) is 32.3 Å². The van der Waals surface area contributed by atoms with Crippen molar-refractivity contribution in [3.05, 3.63) is 58.6 Å². The largest absolute Gasteiger partial charge is 0.497 e. The highest BCUT2D eigenvalue weighted by atomic mass is 35.5. The lowest BCUT2D eigenvalue weighted by atomic mass is 9.85. The van der Waals surface area contributed by atoms with E-state index in [1.807, 2.05) is 0 Å². The number of hydrogen-bond acceptors (Lipinski definition) is 5. The molecule has 0 bridgehead atoms. The van der Waals surface area contributed by atoms with Crippen LogP contribution >= 0.6 is 11.6 Å². The fraction of sp³-hybridized carbons (Fsp3) is 0.517. The molecule has 0 unspecified atom stereocenters. The first-order valence-electron chi connectivity index (χ1n) is 13.1. The van der Waals surface area contributed by atoms with Crippen molar-refractivity contribution in [2.75, 3.05) is 40.9 Å². The lowest BCUT2D eigenvalue weighted by Crippen LogP contribution is -2.57. The van der Waals surface area contributed by atoms with Crippen LogP contribution in [0.1, 0.15) is 48.5 Å². The van der Waals surface area contributed by atoms with E-state index in [1.165, 1.54) is 24.1 Å². The number of nitrogens with zero attached hydrogens (tertiary/aromatic N) is 2. The van der Waals surface area contributed by atoms with E-state index in [4.69, 9.17) is 21.1 Å². The molecule has 0 aromatic heterocycles. The predicted molar refractivity (Wildman–Crippen MR) is 146 cm³/mol. The molecule has 1 N–H and O–H groups in total. The molecule has 2 aromatic carbocycles. The third kappa shape index (κ3) is 7.20. The molecular formula is C29H36ClF3N2O5. The van der Waals surface area contributed by atoms with Crippen molar-refractivity contribution in [2.24, 2.45) is 11.8 Å². The maximum absolute atomic E-state index is 14.1. The number of hydrogen-bond donors (Lipinski definition) is 1. The Morgan fingerprint density at radius 3 is 2.38 bits per heavy atom. The average molecular weight is 585 g/mol. The van der Waals surface area contributed by atoms with Crippen LogP contribution in [0.25, 0.3) is 0 Å². The van der Waals surface area contributed by atoms with Gasteiger partial charge in [0, 0.05) is 32.7 Å². The first-order valence-corrected chi connectivity index (χ1v) is 13.5. The number of aliphatic hydroxyl groups is 1. The molecule has 7 nitrogen and oxygen atoms in total. The van der Waals surface area contributed by atoms with Crippen molar-refractivity contribution in [1.82, 2.24) is 9.80 Å². The Morgan fingerprint density at radius 1 is 1.12 bits per heavy atom. The SMILES string of the molecule is COc1cccc([C@@](O)(C(=O)N2CCC(C[C@@H](C)CCOc3ccc(C(=O)N(C)C)c(Cl)c3)CC2)C(F)(F)F)c1. The molecule has 2 atom stereocenters. The molecule has 1 aliphatic heterocycles. The van der Waals surface area contributed by atoms with Crippen molar-refractivity contribution < 1.29 is 37.3 Å². The summed E-state index contributed by atoms with van der Waals surface area (Å²) in [6, 6.07) is 9.82. The van der Waals surface area contributed by atoms with Crippen molar-refractivity contribution in [1.29, 1.82) is 0 Å². The Kier molecular flexibility index (Phi) is 10.3. The molecule has 0 saturated carbocycles. The first-order chi connectivity index (χ1) is 18.8. The van der Waals surface area contributed by atoms with Gasteiger partial charge in [-0.25, -0.2) is 0 Å². The van der Waals surface area contributed by atoms with Gasteiger partial charge >= 0.3 is 6.18 Å². The predicted octanol–water partition coefficient (Wildman–Crippen LogP) is 5.53. The Morgan fingerprint density at radius 2 is 1.80 bits per heavy atom. The van der Waals surface area contributed by atoms with E-state index >= 15 is 0 Å². The van der Waals surface area contributed by atoms with Crippen LogP contribution in [0, 0.1) is 11.8 Å². The van der Waals surface area contributed by atoms with Crippen LogP contribution in [-0.4, -0.2) is 73.8 Å². The molecule has 40 heavy (non-hydrogen) atoms. The minimum Gasteiger partial charge on any atom is -0.497 e. The standard InChI is InChI=1S/C29H36ClF3N2O5/c1-19(12-15-40-23-8-9-24(25(30)18-23)26(36)34(2)3)16-20-10-13-35(14-11-20)27(37)28(38,29(31,32)33)21-6-5-7-22(17-21)39-4/h5-9,17-20,38H,10-16H2,1-4H3/t19-,28+/m0/s1. The highest BCUT2D eigenvalue weighted by Crippen LogP contribution is 2.42. The van der Waals surface area contributed by atoms with Gasteiger partial charge in [0.15, 0.2) is 0 Å². The molecule has 3 rings (SSSR count). The molecule has 220 valence electrons. The molecule has 2 amide bonds. The van der Waals surface area contributed by atoms with E-state index < -0.39 is 23.2 Å². The van der Waals surface area contributed by atoms with Crippen LogP contribution in [0.4, 0.5) is 13.2 Å². The van der Waals surface area contributed by atoms with Gasteiger partial charge in [-0.2, -0.15) is 13.2 Å². The summed E-state index contributed by atoms with van der Waals surface area (Å²) in [5.74, 6) is -0.370. The monoisotopic (exact) mass is 584 g/mol. The summed E-state index contributed by atoms with van der Waals surface area (Å²) >= 11 is 6.23. The van der Waals surface area contributed by atoms with Gasteiger partial charge in [0.25, 0.3) is 17.4 Å². The minimum atomic E-state index is -5.20. The molecule has 1 fully saturated rings. The Hall–Kier alpha value is -2.98. The number of rotatable bonds is 10. The lowest BCUT2D eigenvalue weighted by Gasteiger charge is -2.39. The number of carbonyl (C=O) groups is 2. The lowest BCUT2D eigenvalue weighted by molar-refractivity contribution is -0.262. The molecule has 1 aliphatic rings. The molecule has 2 aromatic rings. The van der Waals surface area contributed by atoms with Gasteiger partial charge in [0.2, 0.25) is 0 Å². The fourth-order valence-electron chi connectivity index (χ4n) is 4.92. The zero-order chi connectivity index (χ0) is 29.7. The second-order valence-electron chi connectivity index (χ2n) is 10.5. The van der Waals surface area contributed by atoms with Gasteiger partial charge in [-0.15, -0.1) is 0 Å². The first kappa shape index (κ1) is 31.5. The highest BCUT2D eigenvalue weighted by Gasteiger charge is 2.62. The number of amides is 2. The summed E-state index contributed by atoms with van der Waals surface area (Å²) in [6.45, 7) is 2.78. The normalized spacial score (nSPS) is 16.7. The number of alkyl halides is 3. The van der Waals surface area contributed by atoms with Crippen LogP contribution in [0.5, 0.6) is 11.5 Å². The average Bonchev–Trinajstić information content (AvgIpc) is 2.91. The number of carbonyl (C=O) groups excluding carboxylic acids is 2. The topological polar surface area (TPSA) is 79.3 Å². The van der Waals surface area contributed by atoms with E-state index in [2.05, 4.69) is 6.92 Å². The van der Waals surface area contributed by atoms with Gasteiger partial charge in [-0.05, 0) is 67.9 Å². The number of ether oxygens (including phenoxy) is 2. The van der Waals surface area contributed by atoms with E-state index in [0.29, 0.717) is 35.8 Å². The van der Waals surface area contributed by atoms with Gasteiger partial charge in [-0.1, -0.05) is 30.7 Å². The van der Waals surface area contributed by atoms with E-state index in [-0.39, 0.29) is 36.6 Å². The fourth-order valence-corrected chi connectivity index (χ4v) is 5.17. The number of benzene rings is 2. The number of halogens is 4. The molecule has 0 aliphatic carbocycles.